The molecule has 7 heteroatoms. The summed E-state index contributed by atoms with van der Waals surface area (Å²) in [4.78, 5) is 44.3. The molecule has 0 radical (unpaired) electrons. The monoisotopic (exact) mass is 250 g/mol. The van der Waals surface area contributed by atoms with Crippen LogP contribution < -0.4 is 11.2 Å². The van der Waals surface area contributed by atoms with Gasteiger partial charge in [0.2, 0.25) is 0 Å². The quantitative estimate of drug-likeness (QED) is 0.503. The lowest BCUT2D eigenvalue weighted by Gasteiger charge is -1.95. The summed E-state index contributed by atoms with van der Waals surface area (Å²) < 4.78 is 0. The van der Waals surface area contributed by atoms with E-state index >= 15 is 0 Å². The van der Waals surface area contributed by atoms with E-state index in [1.807, 2.05) is 0 Å². The highest BCUT2D eigenvalue weighted by atomic mass is 16.2. The molecule has 0 amide bonds. The smallest absolute Gasteiger partial charge is 0.327 e. The fourth-order valence-corrected chi connectivity index (χ4v) is 1.80. The van der Waals surface area contributed by atoms with Crippen molar-refractivity contribution in [2.24, 2.45) is 0 Å². The molecule has 0 aromatic carbocycles. The number of carbonyl (C=O) groups excluding carboxylic acids is 1. The van der Waals surface area contributed by atoms with Gasteiger partial charge in [-0.05, 0) is 12.8 Å². The van der Waals surface area contributed by atoms with Gasteiger partial charge in [-0.25, -0.2) is 9.78 Å². The van der Waals surface area contributed by atoms with Gasteiger partial charge in [0.25, 0.3) is 5.56 Å². The molecule has 0 bridgehead atoms. The van der Waals surface area contributed by atoms with Crippen molar-refractivity contribution in [1.82, 2.24) is 19.9 Å². The Balaban J connectivity index is 2.06. The molecular weight excluding hydrogens is 236 g/mol. The number of hydrogen-bond acceptors (Lipinski definition) is 4. The van der Waals surface area contributed by atoms with Gasteiger partial charge < -0.3 is 9.78 Å². The standard InChI is InChI=1S/C11H14N4O3/c16-6-4-2-1-3-5-7-12-8-9(13-7)14-11(18)15-10(8)17/h6H,1-5H2,(H3,12,13,14,15,17,18). The predicted octanol–water partition coefficient (Wildman–Crippen LogP) is 0.241. The molecule has 0 atom stereocenters. The van der Waals surface area contributed by atoms with Gasteiger partial charge in [0, 0.05) is 12.8 Å². The van der Waals surface area contributed by atoms with Crippen molar-refractivity contribution in [3.63, 3.8) is 0 Å². The molecule has 2 aromatic rings. The van der Waals surface area contributed by atoms with Crippen molar-refractivity contribution in [2.45, 2.75) is 32.1 Å². The van der Waals surface area contributed by atoms with Crippen LogP contribution in [0.15, 0.2) is 9.59 Å². The van der Waals surface area contributed by atoms with E-state index in [1.165, 1.54) is 0 Å². The zero-order valence-corrected chi connectivity index (χ0v) is 9.78. The Hall–Kier alpha value is -2.18. The number of fused-ring (bicyclic) bond motifs is 1. The summed E-state index contributed by atoms with van der Waals surface area (Å²) in [5.74, 6) is 0.670. The summed E-state index contributed by atoms with van der Waals surface area (Å²) in [5, 5.41) is 0. The minimum atomic E-state index is -0.559. The summed E-state index contributed by atoms with van der Waals surface area (Å²) >= 11 is 0. The third-order valence-electron chi connectivity index (χ3n) is 2.67. The van der Waals surface area contributed by atoms with Gasteiger partial charge in [-0.1, -0.05) is 6.42 Å². The number of H-pyrrole nitrogens is 3. The van der Waals surface area contributed by atoms with E-state index in [2.05, 4.69) is 19.9 Å². The summed E-state index contributed by atoms with van der Waals surface area (Å²) in [7, 11) is 0. The first-order valence-electron chi connectivity index (χ1n) is 5.85. The number of imidazole rings is 1. The zero-order chi connectivity index (χ0) is 13.0. The molecule has 2 heterocycles. The lowest BCUT2D eigenvalue weighted by molar-refractivity contribution is -0.107. The van der Waals surface area contributed by atoms with Gasteiger partial charge in [0.05, 0.1) is 0 Å². The molecule has 0 spiro atoms. The van der Waals surface area contributed by atoms with Gasteiger partial charge in [0.1, 0.15) is 17.6 Å². The van der Waals surface area contributed by atoms with Crippen LogP contribution in [0.1, 0.15) is 31.5 Å². The molecular formula is C11H14N4O3. The highest BCUT2D eigenvalue weighted by Gasteiger charge is 2.06. The van der Waals surface area contributed by atoms with Crippen LogP contribution in [0.5, 0.6) is 0 Å². The molecule has 3 N–H and O–H groups in total. The lowest BCUT2D eigenvalue weighted by atomic mass is 10.1. The Bertz CT molecular complexity index is 652. The van der Waals surface area contributed by atoms with Crippen molar-refractivity contribution in [3.05, 3.63) is 26.7 Å². The van der Waals surface area contributed by atoms with Gasteiger partial charge >= 0.3 is 5.69 Å². The highest BCUT2D eigenvalue weighted by Crippen LogP contribution is 2.07. The van der Waals surface area contributed by atoms with Crippen LogP contribution in [0.3, 0.4) is 0 Å². The Kier molecular flexibility index (Phi) is 3.71. The lowest BCUT2D eigenvalue weighted by Crippen LogP contribution is -2.21. The van der Waals surface area contributed by atoms with Crippen LogP contribution in [-0.2, 0) is 11.2 Å². The van der Waals surface area contributed by atoms with Crippen LogP contribution in [0.25, 0.3) is 11.2 Å². The highest BCUT2D eigenvalue weighted by molar-refractivity contribution is 5.68. The Labute approximate surface area is 102 Å². The number of aromatic amines is 3. The molecule has 0 aliphatic heterocycles. The van der Waals surface area contributed by atoms with Gasteiger partial charge in [0.15, 0.2) is 5.65 Å². The molecule has 2 aromatic heterocycles. The van der Waals surface area contributed by atoms with Crippen molar-refractivity contribution < 1.29 is 4.79 Å². The number of hydrogen-bond donors (Lipinski definition) is 3. The molecule has 0 unspecified atom stereocenters. The predicted molar refractivity (Wildman–Crippen MR) is 65.6 cm³/mol. The number of aromatic nitrogens is 4. The number of aryl methyl sites for hydroxylation is 1. The maximum atomic E-state index is 11.4. The van der Waals surface area contributed by atoms with E-state index in [-0.39, 0.29) is 11.2 Å². The second kappa shape index (κ2) is 5.44. The normalized spacial score (nSPS) is 10.9. The summed E-state index contributed by atoms with van der Waals surface area (Å²) in [6, 6.07) is 0. The van der Waals surface area contributed by atoms with Gasteiger partial charge in [-0.2, -0.15) is 0 Å². The van der Waals surface area contributed by atoms with Crippen molar-refractivity contribution in [2.75, 3.05) is 0 Å². The summed E-state index contributed by atoms with van der Waals surface area (Å²) in [5.41, 5.74) is -0.450. The van der Waals surface area contributed by atoms with Crippen LogP contribution in [0.4, 0.5) is 0 Å². The third kappa shape index (κ3) is 2.73. The molecule has 0 saturated heterocycles. The maximum absolute atomic E-state index is 11.4. The summed E-state index contributed by atoms with van der Waals surface area (Å²) in [6.45, 7) is 0. The molecule has 0 aliphatic carbocycles. The molecule has 7 nitrogen and oxygen atoms in total. The maximum Gasteiger partial charge on any atom is 0.327 e. The van der Waals surface area contributed by atoms with E-state index in [4.69, 9.17) is 0 Å². The number of nitrogens with zero attached hydrogens (tertiary/aromatic N) is 1. The zero-order valence-electron chi connectivity index (χ0n) is 9.78. The molecule has 96 valence electrons. The van der Waals surface area contributed by atoms with E-state index < -0.39 is 11.2 Å². The SMILES string of the molecule is O=CCCCCCc1nc2[nH]c(=O)[nH]c(=O)c2[nH]1. The third-order valence-corrected chi connectivity index (χ3v) is 2.67. The molecule has 2 rings (SSSR count). The van der Waals surface area contributed by atoms with Gasteiger partial charge in [-0.15, -0.1) is 0 Å². The minimum absolute atomic E-state index is 0.284. The van der Waals surface area contributed by atoms with E-state index in [1.54, 1.807) is 0 Å². The number of nitrogens with one attached hydrogen (secondary N) is 3. The minimum Gasteiger partial charge on any atom is -0.336 e. The van der Waals surface area contributed by atoms with E-state index in [0.29, 0.717) is 18.7 Å². The van der Waals surface area contributed by atoms with Crippen LogP contribution in [-0.4, -0.2) is 26.2 Å². The number of carbonyl (C=O) groups is 1. The Morgan fingerprint density at radius 2 is 1.89 bits per heavy atom. The number of unbranched alkanes of at least 4 members (excludes halogenated alkanes) is 3. The second-order valence-corrected chi connectivity index (χ2v) is 4.08. The largest absolute Gasteiger partial charge is 0.336 e. The molecule has 18 heavy (non-hydrogen) atoms. The summed E-state index contributed by atoms with van der Waals surface area (Å²) in [6.07, 6.45) is 4.85. The van der Waals surface area contributed by atoms with Gasteiger partial charge in [-0.3, -0.25) is 14.8 Å². The second-order valence-electron chi connectivity index (χ2n) is 4.08. The van der Waals surface area contributed by atoms with E-state index in [9.17, 15) is 14.4 Å². The molecule has 0 aliphatic rings. The number of aldehydes is 1. The molecule has 0 saturated carbocycles. The van der Waals surface area contributed by atoms with Crippen LogP contribution in [0.2, 0.25) is 0 Å². The Morgan fingerprint density at radius 1 is 1.06 bits per heavy atom. The topological polar surface area (TPSA) is 111 Å². The average Bonchev–Trinajstić information content (AvgIpc) is 2.72. The van der Waals surface area contributed by atoms with Crippen LogP contribution in [0, 0.1) is 0 Å². The first-order valence-corrected chi connectivity index (χ1v) is 5.85. The number of rotatable bonds is 6. The van der Waals surface area contributed by atoms with Crippen molar-refractivity contribution in [3.8, 4) is 0 Å². The van der Waals surface area contributed by atoms with Crippen molar-refractivity contribution in [1.29, 1.82) is 0 Å². The first-order chi connectivity index (χ1) is 8.70. The van der Waals surface area contributed by atoms with E-state index in [0.717, 1.165) is 25.5 Å². The average molecular weight is 250 g/mol. The van der Waals surface area contributed by atoms with Crippen molar-refractivity contribution >= 4 is 17.5 Å². The fraction of sp³-hybridized carbons (Fsp3) is 0.455. The Morgan fingerprint density at radius 3 is 2.67 bits per heavy atom. The fourth-order valence-electron chi connectivity index (χ4n) is 1.80. The van der Waals surface area contributed by atoms with Crippen LogP contribution >= 0.6 is 0 Å². The molecule has 0 fully saturated rings. The first kappa shape index (κ1) is 12.3.